The summed E-state index contributed by atoms with van der Waals surface area (Å²) in [6, 6.07) is 0. The van der Waals surface area contributed by atoms with Crippen LogP contribution in [-0.2, 0) is 23.9 Å². The minimum atomic E-state index is -1.55. The first-order valence-electron chi connectivity index (χ1n) is 7.04. The third-order valence-electron chi connectivity index (χ3n) is 3.94. The van der Waals surface area contributed by atoms with E-state index < -0.39 is 34.6 Å². The van der Waals surface area contributed by atoms with E-state index in [2.05, 4.69) is 0 Å². The van der Waals surface area contributed by atoms with Crippen LogP contribution in [0.25, 0.3) is 0 Å². The number of amides is 1. The van der Waals surface area contributed by atoms with Crippen molar-refractivity contribution in [2.24, 2.45) is 11.1 Å². The standard InChI is InChI=1S/C14H22N2O5S.ClH/c1-12(2,3)10(18)20-7-21-11(19)14(15)13(4,5)22-9-6-8(17)16(9)14;/h9H,6-7,15H2,1-5H3;1H/t9-,14+;/m1./s1. The molecule has 0 unspecified atom stereocenters. The number of hydrogen-bond acceptors (Lipinski definition) is 7. The second-order valence-corrected chi connectivity index (χ2v) is 8.85. The van der Waals surface area contributed by atoms with Gasteiger partial charge in [-0.1, -0.05) is 0 Å². The average Bonchev–Trinajstić information content (AvgIpc) is 2.51. The van der Waals surface area contributed by atoms with E-state index in [1.807, 2.05) is 0 Å². The van der Waals surface area contributed by atoms with E-state index >= 15 is 0 Å². The summed E-state index contributed by atoms with van der Waals surface area (Å²) in [6.45, 7) is 8.17. The third-order valence-corrected chi connectivity index (χ3v) is 5.49. The van der Waals surface area contributed by atoms with E-state index in [9.17, 15) is 14.4 Å². The number of carbonyl (C=O) groups is 3. The molecule has 7 nitrogen and oxygen atoms in total. The van der Waals surface area contributed by atoms with E-state index in [-0.39, 0.29) is 23.7 Å². The smallest absolute Gasteiger partial charge is 0.351 e. The molecule has 2 fully saturated rings. The molecule has 23 heavy (non-hydrogen) atoms. The van der Waals surface area contributed by atoms with Crippen molar-refractivity contribution < 1.29 is 23.9 Å². The van der Waals surface area contributed by atoms with Crippen molar-refractivity contribution >= 4 is 42.0 Å². The Labute approximate surface area is 146 Å². The van der Waals surface area contributed by atoms with Crippen molar-refractivity contribution in [2.75, 3.05) is 6.79 Å². The number of hydrogen-bond donors (Lipinski definition) is 1. The highest BCUT2D eigenvalue weighted by Gasteiger charge is 2.68. The zero-order chi connectivity index (χ0) is 16.9. The minimum absolute atomic E-state index is 0. The molecule has 0 bridgehead atoms. The maximum Gasteiger partial charge on any atom is 0.351 e. The molecule has 0 spiro atoms. The molecule has 2 heterocycles. The van der Waals surface area contributed by atoms with Gasteiger partial charge in [0.05, 0.1) is 22.0 Å². The summed E-state index contributed by atoms with van der Waals surface area (Å²) in [5, 5.41) is -0.0998. The molecule has 0 aromatic rings. The minimum Gasteiger partial charge on any atom is -0.427 e. The maximum atomic E-state index is 12.4. The summed E-state index contributed by atoms with van der Waals surface area (Å²) in [6.07, 6.45) is 0.374. The fourth-order valence-corrected chi connectivity index (χ4v) is 4.09. The van der Waals surface area contributed by atoms with Gasteiger partial charge in [-0.15, -0.1) is 24.2 Å². The number of fused-ring (bicyclic) bond motifs is 1. The van der Waals surface area contributed by atoms with Crippen LogP contribution < -0.4 is 5.73 Å². The van der Waals surface area contributed by atoms with Gasteiger partial charge in [0.2, 0.25) is 18.4 Å². The van der Waals surface area contributed by atoms with E-state index in [0.717, 1.165) is 0 Å². The van der Waals surface area contributed by atoms with Gasteiger partial charge in [-0.3, -0.25) is 15.3 Å². The number of nitrogens with two attached hydrogens (primary N) is 1. The monoisotopic (exact) mass is 366 g/mol. The topological polar surface area (TPSA) is 98.9 Å². The fraction of sp³-hybridized carbons (Fsp3) is 0.786. The van der Waals surface area contributed by atoms with Gasteiger partial charge in [-0.25, -0.2) is 4.79 Å². The summed E-state index contributed by atoms with van der Waals surface area (Å²) in [5.74, 6) is -1.42. The Morgan fingerprint density at radius 2 is 1.91 bits per heavy atom. The van der Waals surface area contributed by atoms with Crippen LogP contribution in [0.5, 0.6) is 0 Å². The highest BCUT2D eigenvalue weighted by molar-refractivity contribution is 8.01. The van der Waals surface area contributed by atoms with Crippen LogP contribution in [0.2, 0.25) is 0 Å². The van der Waals surface area contributed by atoms with Gasteiger partial charge in [0.15, 0.2) is 0 Å². The first-order chi connectivity index (χ1) is 9.91. The second kappa shape index (κ2) is 6.14. The molecule has 2 N–H and O–H groups in total. The van der Waals surface area contributed by atoms with Crippen LogP contribution in [-0.4, -0.2) is 45.3 Å². The van der Waals surface area contributed by atoms with Crippen molar-refractivity contribution in [3.63, 3.8) is 0 Å². The molecule has 0 radical (unpaired) electrons. The molecule has 2 atom stereocenters. The lowest BCUT2D eigenvalue weighted by atomic mass is 9.91. The molecule has 2 rings (SSSR count). The first kappa shape index (κ1) is 20.1. The van der Waals surface area contributed by atoms with E-state index in [0.29, 0.717) is 6.42 Å². The van der Waals surface area contributed by atoms with Crippen LogP contribution in [0, 0.1) is 5.41 Å². The van der Waals surface area contributed by atoms with Gasteiger partial charge in [0.1, 0.15) is 0 Å². The average molecular weight is 367 g/mol. The van der Waals surface area contributed by atoms with Gasteiger partial charge < -0.3 is 14.4 Å². The van der Waals surface area contributed by atoms with E-state index in [1.54, 1.807) is 34.6 Å². The number of nitrogens with zero attached hydrogens (tertiary/aromatic N) is 1. The number of β-lactam (4-membered cyclic amide) rings is 1. The molecule has 132 valence electrons. The number of rotatable bonds is 3. The molecule has 2 aliphatic heterocycles. The summed E-state index contributed by atoms with van der Waals surface area (Å²) >= 11 is 1.47. The van der Waals surface area contributed by atoms with Gasteiger partial charge in [0.25, 0.3) is 0 Å². The Morgan fingerprint density at radius 1 is 1.35 bits per heavy atom. The molecule has 2 aliphatic rings. The van der Waals surface area contributed by atoms with Crippen molar-refractivity contribution in [3.8, 4) is 0 Å². The van der Waals surface area contributed by atoms with Crippen LogP contribution >= 0.6 is 24.2 Å². The highest BCUT2D eigenvalue weighted by atomic mass is 35.5. The molecule has 1 amide bonds. The van der Waals surface area contributed by atoms with E-state index in [4.69, 9.17) is 15.2 Å². The lowest BCUT2D eigenvalue weighted by molar-refractivity contribution is -0.186. The van der Waals surface area contributed by atoms with E-state index in [1.165, 1.54) is 16.7 Å². The Balaban J connectivity index is 0.00000264. The highest BCUT2D eigenvalue weighted by Crippen LogP contribution is 2.54. The largest absolute Gasteiger partial charge is 0.427 e. The van der Waals surface area contributed by atoms with Gasteiger partial charge in [-0.05, 0) is 34.6 Å². The lowest BCUT2D eigenvalue weighted by Gasteiger charge is -2.44. The Kier molecular flexibility index (Phi) is 5.36. The quantitative estimate of drug-likeness (QED) is 0.455. The number of thioether (sulfide) groups is 1. The SMILES string of the molecule is CC(C)(C)C(=O)OCOC(=O)[C@]1(N)N2C(=O)C[C@H]2SC1(C)C.Cl. The van der Waals surface area contributed by atoms with Gasteiger partial charge in [0, 0.05) is 0 Å². The first-order valence-corrected chi connectivity index (χ1v) is 7.92. The Bertz CT molecular complexity index is 534. The maximum absolute atomic E-state index is 12.4. The van der Waals surface area contributed by atoms with Crippen molar-refractivity contribution in [1.82, 2.24) is 4.90 Å². The van der Waals surface area contributed by atoms with Gasteiger partial charge >= 0.3 is 11.9 Å². The zero-order valence-electron chi connectivity index (χ0n) is 13.9. The molecule has 2 saturated heterocycles. The second-order valence-electron chi connectivity index (χ2n) is 7.05. The molecule has 0 aliphatic carbocycles. The van der Waals surface area contributed by atoms with Crippen molar-refractivity contribution in [3.05, 3.63) is 0 Å². The Morgan fingerprint density at radius 3 is 2.39 bits per heavy atom. The number of carbonyl (C=O) groups excluding carboxylic acids is 3. The molecular formula is C14H23ClN2O5S. The third kappa shape index (κ3) is 3.16. The molecular weight excluding hydrogens is 344 g/mol. The summed E-state index contributed by atoms with van der Waals surface area (Å²) in [5.41, 5.74) is 3.99. The van der Waals surface area contributed by atoms with Crippen LogP contribution in [0.4, 0.5) is 0 Å². The van der Waals surface area contributed by atoms with Gasteiger partial charge in [-0.2, -0.15) is 0 Å². The molecule has 0 aromatic heterocycles. The number of ether oxygens (including phenoxy) is 2. The van der Waals surface area contributed by atoms with Crippen LogP contribution in [0.1, 0.15) is 41.0 Å². The predicted molar refractivity (Wildman–Crippen MR) is 87.6 cm³/mol. The zero-order valence-corrected chi connectivity index (χ0v) is 15.5. The molecule has 0 saturated carbocycles. The van der Waals surface area contributed by atoms with Crippen LogP contribution in [0.15, 0.2) is 0 Å². The normalized spacial score (nSPS) is 28.3. The number of halogens is 1. The summed E-state index contributed by atoms with van der Waals surface area (Å²) < 4.78 is 9.24. The lowest BCUT2D eigenvalue weighted by Crippen LogP contribution is -2.72. The molecule has 9 heteroatoms. The summed E-state index contributed by atoms with van der Waals surface area (Å²) in [7, 11) is 0. The summed E-state index contributed by atoms with van der Waals surface area (Å²) in [4.78, 5) is 37.2. The fourth-order valence-electron chi connectivity index (χ4n) is 2.43. The molecule has 0 aromatic carbocycles. The van der Waals surface area contributed by atoms with Crippen molar-refractivity contribution in [1.29, 1.82) is 0 Å². The number of esters is 2. The Hall–Kier alpha value is -0.990. The van der Waals surface area contributed by atoms with Crippen LogP contribution in [0.3, 0.4) is 0 Å². The predicted octanol–water partition coefficient (Wildman–Crippen LogP) is 1.24. The van der Waals surface area contributed by atoms with Crippen molar-refractivity contribution in [2.45, 2.75) is 56.8 Å².